The molecule has 1 aromatic carbocycles. The summed E-state index contributed by atoms with van der Waals surface area (Å²) in [6, 6.07) is 9.83. The normalized spacial score (nSPS) is 20.4. The molecule has 1 aliphatic rings. The lowest BCUT2D eigenvalue weighted by Gasteiger charge is -2.30. The fourth-order valence-electron chi connectivity index (χ4n) is 2.99. The number of piperidine rings is 1. The van der Waals surface area contributed by atoms with Gasteiger partial charge in [0.15, 0.2) is 0 Å². The van der Waals surface area contributed by atoms with Gasteiger partial charge in [-0.2, -0.15) is 0 Å². The molecule has 3 rings (SSSR count). The van der Waals surface area contributed by atoms with E-state index in [1.807, 2.05) is 30.3 Å². The lowest BCUT2D eigenvalue weighted by atomic mass is 9.95. The van der Waals surface area contributed by atoms with Gasteiger partial charge in [-0.1, -0.05) is 19.1 Å². The van der Waals surface area contributed by atoms with Gasteiger partial charge in [-0.15, -0.1) is 0 Å². The second-order valence-electron chi connectivity index (χ2n) is 6.24. The monoisotopic (exact) mass is 325 g/mol. The van der Waals surface area contributed by atoms with Crippen molar-refractivity contribution < 1.29 is 9.53 Å². The molecule has 5 nitrogen and oxygen atoms in total. The molecule has 1 aromatic heterocycles. The van der Waals surface area contributed by atoms with Crippen LogP contribution in [0.5, 0.6) is 5.75 Å². The molecule has 5 heteroatoms. The predicted molar refractivity (Wildman–Crippen MR) is 94.1 cm³/mol. The summed E-state index contributed by atoms with van der Waals surface area (Å²) in [6.07, 6.45) is 4.35. The summed E-state index contributed by atoms with van der Waals surface area (Å²) in [5, 5.41) is 6.49. The third-order valence-corrected chi connectivity index (χ3v) is 4.53. The Morgan fingerprint density at radius 3 is 2.75 bits per heavy atom. The van der Waals surface area contributed by atoms with Crippen LogP contribution in [-0.4, -0.2) is 37.1 Å². The number of aromatic nitrogens is 1. The van der Waals surface area contributed by atoms with Gasteiger partial charge in [0, 0.05) is 24.0 Å². The van der Waals surface area contributed by atoms with Crippen molar-refractivity contribution in [3.63, 3.8) is 0 Å². The molecule has 2 aromatic rings. The Hall–Kier alpha value is -2.40. The van der Waals surface area contributed by atoms with E-state index in [-0.39, 0.29) is 11.9 Å². The van der Waals surface area contributed by atoms with Crippen LogP contribution >= 0.6 is 0 Å². The molecular weight excluding hydrogens is 302 g/mol. The van der Waals surface area contributed by atoms with Gasteiger partial charge in [-0.3, -0.25) is 9.78 Å². The molecule has 0 bridgehead atoms. The number of ether oxygens (including phenoxy) is 1. The molecule has 2 N–H and O–H groups in total. The summed E-state index contributed by atoms with van der Waals surface area (Å²) in [5.74, 6) is 1.18. The van der Waals surface area contributed by atoms with E-state index in [2.05, 4.69) is 22.5 Å². The maximum atomic E-state index is 12.6. The molecule has 0 spiro atoms. The first-order chi connectivity index (χ1) is 11.7. The van der Waals surface area contributed by atoms with Crippen molar-refractivity contribution in [2.75, 3.05) is 20.2 Å². The van der Waals surface area contributed by atoms with Crippen LogP contribution in [0.2, 0.25) is 0 Å². The van der Waals surface area contributed by atoms with Crippen LogP contribution in [-0.2, 0) is 0 Å². The van der Waals surface area contributed by atoms with Crippen LogP contribution in [0, 0.1) is 5.92 Å². The Kier molecular flexibility index (Phi) is 5.11. The maximum absolute atomic E-state index is 12.6. The van der Waals surface area contributed by atoms with Crippen molar-refractivity contribution in [1.29, 1.82) is 0 Å². The van der Waals surface area contributed by atoms with Crippen molar-refractivity contribution in [3.05, 3.63) is 48.3 Å². The molecule has 0 aliphatic carbocycles. The number of benzene rings is 1. The third kappa shape index (κ3) is 3.74. The average Bonchev–Trinajstić information content (AvgIpc) is 2.64. The SMILES string of the molecule is COc1ccc(-c2cncc(C(=O)NC3CCNCC3C)c2)cc1. The van der Waals surface area contributed by atoms with E-state index < -0.39 is 0 Å². The van der Waals surface area contributed by atoms with Crippen LogP contribution in [0.25, 0.3) is 11.1 Å². The highest BCUT2D eigenvalue weighted by Gasteiger charge is 2.23. The second kappa shape index (κ2) is 7.45. The lowest BCUT2D eigenvalue weighted by molar-refractivity contribution is 0.0914. The van der Waals surface area contributed by atoms with E-state index >= 15 is 0 Å². The largest absolute Gasteiger partial charge is 0.497 e. The summed E-state index contributed by atoms with van der Waals surface area (Å²) in [7, 11) is 1.64. The van der Waals surface area contributed by atoms with Gasteiger partial charge in [0.25, 0.3) is 5.91 Å². The number of nitrogens with one attached hydrogen (secondary N) is 2. The topological polar surface area (TPSA) is 63.2 Å². The minimum Gasteiger partial charge on any atom is -0.497 e. The molecule has 0 radical (unpaired) electrons. The Morgan fingerprint density at radius 1 is 1.25 bits per heavy atom. The lowest BCUT2D eigenvalue weighted by Crippen LogP contribution is -2.48. The number of carbonyl (C=O) groups is 1. The van der Waals surface area contributed by atoms with Crippen molar-refractivity contribution in [1.82, 2.24) is 15.6 Å². The molecule has 1 fully saturated rings. The molecule has 1 amide bonds. The number of carbonyl (C=O) groups excluding carboxylic acids is 1. The molecule has 2 unspecified atom stereocenters. The minimum absolute atomic E-state index is 0.0587. The summed E-state index contributed by atoms with van der Waals surface area (Å²) in [5.41, 5.74) is 2.52. The van der Waals surface area contributed by atoms with Crippen LogP contribution in [0.3, 0.4) is 0 Å². The van der Waals surface area contributed by atoms with Crippen molar-refractivity contribution in [3.8, 4) is 16.9 Å². The Bertz CT molecular complexity index is 700. The number of methoxy groups -OCH3 is 1. The van der Waals surface area contributed by atoms with Gasteiger partial charge < -0.3 is 15.4 Å². The minimum atomic E-state index is -0.0587. The summed E-state index contributed by atoms with van der Waals surface area (Å²) in [4.78, 5) is 16.8. The fourth-order valence-corrected chi connectivity index (χ4v) is 2.99. The van der Waals surface area contributed by atoms with Gasteiger partial charge in [0.05, 0.1) is 12.7 Å². The van der Waals surface area contributed by atoms with Crippen LogP contribution in [0.15, 0.2) is 42.7 Å². The standard InChI is InChI=1S/C19H23N3O2/c1-13-10-20-8-7-18(13)22-19(23)16-9-15(11-21-12-16)14-3-5-17(24-2)6-4-14/h3-6,9,11-13,18,20H,7-8,10H2,1-2H3,(H,22,23). The zero-order chi connectivity index (χ0) is 16.9. The number of nitrogens with zero attached hydrogens (tertiary/aromatic N) is 1. The van der Waals surface area contributed by atoms with Gasteiger partial charge in [-0.25, -0.2) is 0 Å². The number of hydrogen-bond donors (Lipinski definition) is 2. The molecular formula is C19H23N3O2. The first-order valence-electron chi connectivity index (χ1n) is 8.28. The first kappa shape index (κ1) is 16.5. The summed E-state index contributed by atoms with van der Waals surface area (Å²) in [6.45, 7) is 4.04. The molecule has 0 saturated carbocycles. The van der Waals surface area contributed by atoms with E-state index in [0.29, 0.717) is 11.5 Å². The highest BCUT2D eigenvalue weighted by atomic mass is 16.5. The third-order valence-electron chi connectivity index (χ3n) is 4.53. The number of hydrogen-bond acceptors (Lipinski definition) is 4. The van der Waals surface area contributed by atoms with Crippen LogP contribution in [0.1, 0.15) is 23.7 Å². The van der Waals surface area contributed by atoms with Crippen LogP contribution < -0.4 is 15.4 Å². The highest BCUT2D eigenvalue weighted by Crippen LogP contribution is 2.22. The van der Waals surface area contributed by atoms with Gasteiger partial charge in [0.2, 0.25) is 0 Å². The summed E-state index contributed by atoms with van der Waals surface area (Å²) >= 11 is 0. The Morgan fingerprint density at radius 2 is 2.04 bits per heavy atom. The zero-order valence-electron chi connectivity index (χ0n) is 14.1. The average molecular weight is 325 g/mol. The van der Waals surface area contributed by atoms with Gasteiger partial charge in [0.1, 0.15) is 5.75 Å². The number of rotatable bonds is 4. The van der Waals surface area contributed by atoms with Crippen LogP contribution in [0.4, 0.5) is 0 Å². The smallest absolute Gasteiger partial charge is 0.253 e. The van der Waals surface area contributed by atoms with E-state index in [1.54, 1.807) is 19.5 Å². The molecule has 1 saturated heterocycles. The van der Waals surface area contributed by atoms with Crippen molar-refractivity contribution in [2.24, 2.45) is 5.92 Å². The quantitative estimate of drug-likeness (QED) is 0.906. The molecule has 126 valence electrons. The van der Waals surface area contributed by atoms with Crippen molar-refractivity contribution in [2.45, 2.75) is 19.4 Å². The molecule has 2 heterocycles. The number of amides is 1. The molecule has 1 aliphatic heterocycles. The van der Waals surface area contributed by atoms with Crippen molar-refractivity contribution >= 4 is 5.91 Å². The fraction of sp³-hybridized carbons (Fsp3) is 0.368. The highest BCUT2D eigenvalue weighted by molar-refractivity contribution is 5.95. The van der Waals surface area contributed by atoms with E-state index in [1.165, 1.54) is 0 Å². The Labute approximate surface area is 142 Å². The maximum Gasteiger partial charge on any atom is 0.253 e. The predicted octanol–water partition coefficient (Wildman–Crippen LogP) is 2.49. The van der Waals surface area contributed by atoms with E-state index in [9.17, 15) is 4.79 Å². The van der Waals surface area contributed by atoms with E-state index in [4.69, 9.17) is 4.74 Å². The number of pyridine rings is 1. The Balaban J connectivity index is 1.75. The van der Waals surface area contributed by atoms with Gasteiger partial charge >= 0.3 is 0 Å². The first-order valence-corrected chi connectivity index (χ1v) is 8.28. The van der Waals surface area contributed by atoms with E-state index in [0.717, 1.165) is 36.4 Å². The summed E-state index contributed by atoms with van der Waals surface area (Å²) < 4.78 is 5.18. The molecule has 24 heavy (non-hydrogen) atoms. The molecule has 2 atom stereocenters. The van der Waals surface area contributed by atoms with Gasteiger partial charge in [-0.05, 0) is 49.2 Å². The second-order valence-corrected chi connectivity index (χ2v) is 6.24. The zero-order valence-corrected chi connectivity index (χ0v) is 14.1.